The van der Waals surface area contributed by atoms with E-state index >= 15 is 0 Å². The normalized spacial score (nSPS) is 21.0. The molecule has 35 heavy (non-hydrogen) atoms. The highest BCUT2D eigenvalue weighted by molar-refractivity contribution is 6.22. The highest BCUT2D eigenvalue weighted by atomic mass is 19.4. The minimum atomic E-state index is -4.38. The Labute approximate surface area is 200 Å². The lowest BCUT2D eigenvalue weighted by atomic mass is 10.1. The summed E-state index contributed by atoms with van der Waals surface area (Å²) in [5.41, 5.74) is 1.49. The number of hydrogen-bond donors (Lipinski definition) is 2. The topological polar surface area (TPSA) is 72.5 Å². The maximum Gasteiger partial charge on any atom is 0.416 e. The van der Waals surface area contributed by atoms with Crippen LogP contribution in [0.1, 0.15) is 36.0 Å². The lowest BCUT2D eigenvalue weighted by molar-refractivity contribution is -0.137. The number of guanidine groups is 1. The molecule has 2 unspecified atom stereocenters. The van der Waals surface area contributed by atoms with Gasteiger partial charge in [-0.15, -0.1) is 0 Å². The van der Waals surface area contributed by atoms with Crippen molar-refractivity contribution in [3.05, 3.63) is 71.3 Å². The van der Waals surface area contributed by atoms with Gasteiger partial charge in [0.15, 0.2) is 5.82 Å². The number of para-hydroxylation sites is 1. The van der Waals surface area contributed by atoms with E-state index in [2.05, 4.69) is 10.2 Å². The van der Waals surface area contributed by atoms with E-state index in [0.29, 0.717) is 22.8 Å². The van der Waals surface area contributed by atoms with Crippen LogP contribution >= 0.6 is 0 Å². The Kier molecular flexibility index (Phi) is 4.87. The third-order valence-corrected chi connectivity index (χ3v) is 6.96. The van der Waals surface area contributed by atoms with Crippen LogP contribution in [0, 0.1) is 5.41 Å². The molecule has 1 aromatic heterocycles. The predicted octanol–water partition coefficient (Wildman–Crippen LogP) is 5.06. The van der Waals surface area contributed by atoms with Crippen LogP contribution in [0.15, 0.2) is 59.6 Å². The Hall–Kier alpha value is -3.82. The number of benzene rings is 2. The molecule has 3 aromatic rings. The third kappa shape index (κ3) is 3.55. The summed E-state index contributed by atoms with van der Waals surface area (Å²) < 4.78 is 40.9. The Balaban J connectivity index is 1.45. The van der Waals surface area contributed by atoms with Gasteiger partial charge in [0.1, 0.15) is 17.2 Å². The zero-order valence-electron chi connectivity index (χ0n) is 19.0. The molecule has 1 saturated carbocycles. The molecule has 6 rings (SSSR count). The summed E-state index contributed by atoms with van der Waals surface area (Å²) in [6, 6.07) is 15.1. The lowest BCUT2D eigenvalue weighted by Gasteiger charge is -2.35. The first kappa shape index (κ1) is 21.7. The van der Waals surface area contributed by atoms with Gasteiger partial charge >= 0.3 is 6.18 Å². The van der Waals surface area contributed by atoms with Gasteiger partial charge in [0.2, 0.25) is 5.96 Å². The van der Waals surface area contributed by atoms with Gasteiger partial charge in [0.25, 0.3) is 0 Å². The van der Waals surface area contributed by atoms with E-state index in [1.165, 1.54) is 12.1 Å². The van der Waals surface area contributed by atoms with Crippen LogP contribution in [-0.2, 0) is 12.7 Å². The number of amidine groups is 1. The van der Waals surface area contributed by atoms with Crippen molar-refractivity contribution >= 4 is 29.1 Å². The van der Waals surface area contributed by atoms with Crippen LogP contribution < -0.4 is 10.2 Å². The minimum absolute atomic E-state index is 0.191. The number of halogens is 3. The summed E-state index contributed by atoms with van der Waals surface area (Å²) in [6.45, 7) is 0.256. The first-order chi connectivity index (χ1) is 16.8. The summed E-state index contributed by atoms with van der Waals surface area (Å²) in [5.74, 6) is 2.32. The summed E-state index contributed by atoms with van der Waals surface area (Å²) in [7, 11) is 1.84. The van der Waals surface area contributed by atoms with E-state index in [4.69, 9.17) is 15.5 Å². The summed E-state index contributed by atoms with van der Waals surface area (Å²) >= 11 is 0. The van der Waals surface area contributed by atoms with E-state index in [1.54, 1.807) is 9.58 Å². The van der Waals surface area contributed by atoms with Crippen LogP contribution in [0.4, 0.5) is 30.5 Å². The van der Waals surface area contributed by atoms with Gasteiger partial charge in [-0.3, -0.25) is 15.2 Å². The summed E-state index contributed by atoms with van der Waals surface area (Å²) in [4.78, 5) is 8.83. The largest absolute Gasteiger partial charge is 0.416 e. The molecule has 1 aliphatic carbocycles. The van der Waals surface area contributed by atoms with Crippen molar-refractivity contribution in [3.8, 4) is 0 Å². The molecule has 10 heteroatoms. The molecule has 0 bridgehead atoms. The quantitative estimate of drug-likeness (QED) is 0.549. The number of rotatable bonds is 4. The number of alkyl halides is 3. The molecule has 180 valence electrons. The predicted molar refractivity (Wildman–Crippen MR) is 128 cm³/mol. The second-order valence-corrected chi connectivity index (χ2v) is 9.16. The molecule has 7 nitrogen and oxygen atoms in total. The number of aromatic nitrogens is 2. The lowest BCUT2D eigenvalue weighted by Crippen LogP contribution is -2.51. The number of hydrogen-bond acceptors (Lipinski definition) is 5. The van der Waals surface area contributed by atoms with E-state index < -0.39 is 11.7 Å². The number of fused-ring (bicyclic) bond motifs is 5. The van der Waals surface area contributed by atoms with Crippen LogP contribution in [0.5, 0.6) is 0 Å². The molecule has 3 aliphatic rings. The zero-order chi connectivity index (χ0) is 24.3. The highest BCUT2D eigenvalue weighted by Crippen LogP contribution is 2.43. The fraction of sp³-hybridized carbons (Fsp3) is 0.320. The Morgan fingerprint density at radius 2 is 1.80 bits per heavy atom. The molecule has 1 fully saturated rings. The molecule has 2 atom stereocenters. The fourth-order valence-corrected chi connectivity index (χ4v) is 5.21. The van der Waals surface area contributed by atoms with Crippen molar-refractivity contribution in [2.75, 3.05) is 17.3 Å². The average molecular weight is 480 g/mol. The van der Waals surface area contributed by atoms with Gasteiger partial charge in [-0.1, -0.05) is 30.3 Å². The van der Waals surface area contributed by atoms with Gasteiger partial charge in [-0.25, -0.2) is 9.67 Å². The Morgan fingerprint density at radius 1 is 1.06 bits per heavy atom. The number of nitrogens with zero attached hydrogens (tertiary/aromatic N) is 5. The molecule has 0 radical (unpaired) electrons. The van der Waals surface area contributed by atoms with Crippen molar-refractivity contribution in [2.24, 2.45) is 4.99 Å². The van der Waals surface area contributed by atoms with E-state index in [9.17, 15) is 13.2 Å². The maximum atomic E-state index is 13.0. The molecule has 0 amide bonds. The molecule has 2 N–H and O–H groups in total. The smallest absolute Gasteiger partial charge is 0.340 e. The minimum Gasteiger partial charge on any atom is -0.340 e. The standard InChI is InChI=1S/C25H24F3N7/c1-33-21(29)20-22(30-17-6-3-2-4-7-17)34(14-15-10-12-16(13-11-15)25(26,27)28)32-23(20)35-19-9-5-8-18(19)31-24(33)35/h2-4,6-7,10-13,18-19,29-30H,5,8-9,14H2,1H3. The highest BCUT2D eigenvalue weighted by Gasteiger charge is 2.48. The van der Waals surface area contributed by atoms with Crippen LogP contribution in [0.3, 0.4) is 0 Å². The molecule has 0 saturated heterocycles. The van der Waals surface area contributed by atoms with Crippen molar-refractivity contribution in [2.45, 2.75) is 44.1 Å². The van der Waals surface area contributed by atoms with Crippen molar-refractivity contribution < 1.29 is 13.2 Å². The van der Waals surface area contributed by atoms with Crippen molar-refractivity contribution in [3.63, 3.8) is 0 Å². The van der Waals surface area contributed by atoms with Crippen LogP contribution in [0.25, 0.3) is 0 Å². The third-order valence-electron chi connectivity index (χ3n) is 6.96. The second kappa shape index (κ2) is 7.86. The Morgan fingerprint density at radius 3 is 2.51 bits per heavy atom. The van der Waals surface area contributed by atoms with Gasteiger partial charge in [-0.05, 0) is 49.1 Å². The molecule has 0 spiro atoms. The molecule has 2 aromatic carbocycles. The van der Waals surface area contributed by atoms with Crippen LogP contribution in [-0.4, -0.2) is 45.6 Å². The zero-order valence-corrected chi connectivity index (χ0v) is 19.0. The first-order valence-electron chi connectivity index (χ1n) is 11.6. The van der Waals surface area contributed by atoms with E-state index in [-0.39, 0.29) is 24.5 Å². The number of aliphatic imine (C=N–C) groups is 1. The van der Waals surface area contributed by atoms with Crippen LogP contribution in [0.2, 0.25) is 0 Å². The van der Waals surface area contributed by atoms with Gasteiger partial charge in [0.05, 0.1) is 24.2 Å². The second-order valence-electron chi connectivity index (χ2n) is 9.16. The maximum absolute atomic E-state index is 13.0. The van der Waals surface area contributed by atoms with E-state index in [1.807, 2.05) is 37.4 Å². The first-order valence-corrected chi connectivity index (χ1v) is 11.6. The van der Waals surface area contributed by atoms with Gasteiger partial charge in [-0.2, -0.15) is 18.3 Å². The molecular formula is C25H24F3N7. The molecule has 2 aliphatic heterocycles. The van der Waals surface area contributed by atoms with Crippen molar-refractivity contribution in [1.82, 2.24) is 14.7 Å². The SMILES string of the molecule is CN1C(=N)c2c(nn(Cc3ccc(C(F)(F)F)cc3)c2Nc2ccccc2)N2C1=NC1CCCC12. The molecular weight excluding hydrogens is 455 g/mol. The monoisotopic (exact) mass is 479 g/mol. The molecule has 3 heterocycles. The van der Waals surface area contributed by atoms with Gasteiger partial charge < -0.3 is 5.32 Å². The number of nitrogens with one attached hydrogen (secondary N) is 2. The van der Waals surface area contributed by atoms with E-state index in [0.717, 1.165) is 43.0 Å². The van der Waals surface area contributed by atoms with Crippen molar-refractivity contribution in [1.29, 1.82) is 5.41 Å². The number of anilines is 3. The Bertz CT molecular complexity index is 1310. The van der Waals surface area contributed by atoms with Gasteiger partial charge in [0, 0.05) is 12.7 Å². The summed E-state index contributed by atoms with van der Waals surface area (Å²) in [6.07, 6.45) is -1.26. The summed E-state index contributed by atoms with van der Waals surface area (Å²) in [5, 5.41) is 17.3. The fourth-order valence-electron chi connectivity index (χ4n) is 5.21. The average Bonchev–Trinajstić information content (AvgIpc) is 3.52.